The topological polar surface area (TPSA) is 92.2 Å². The van der Waals surface area contributed by atoms with E-state index in [1.807, 2.05) is 36.4 Å². The SMILES string of the molecule is O=C(Nc1ccc(-n2cccn2)nc1)N[C@H](CN1CCCC1=O)c1ccccc1. The van der Waals surface area contributed by atoms with Crippen LogP contribution in [0.15, 0.2) is 67.1 Å². The van der Waals surface area contributed by atoms with Gasteiger partial charge in [0.05, 0.1) is 17.9 Å². The van der Waals surface area contributed by atoms with Crippen molar-refractivity contribution in [1.82, 2.24) is 25.0 Å². The van der Waals surface area contributed by atoms with E-state index >= 15 is 0 Å². The third-order valence-electron chi connectivity index (χ3n) is 4.83. The highest BCUT2D eigenvalue weighted by molar-refractivity contribution is 5.89. The molecule has 4 rings (SSSR count). The molecule has 8 heteroatoms. The smallest absolute Gasteiger partial charge is 0.319 e. The van der Waals surface area contributed by atoms with Crippen molar-refractivity contribution in [1.29, 1.82) is 0 Å². The molecule has 0 spiro atoms. The minimum Gasteiger partial charge on any atom is -0.340 e. The summed E-state index contributed by atoms with van der Waals surface area (Å²) in [6.45, 7) is 1.18. The number of nitrogens with one attached hydrogen (secondary N) is 2. The van der Waals surface area contributed by atoms with Crippen LogP contribution in [0.25, 0.3) is 5.82 Å². The second-order valence-corrected chi connectivity index (χ2v) is 6.86. The molecule has 1 aliphatic rings. The molecule has 2 N–H and O–H groups in total. The lowest BCUT2D eigenvalue weighted by Gasteiger charge is -2.25. The Morgan fingerprint density at radius 1 is 1.14 bits per heavy atom. The number of benzene rings is 1. The summed E-state index contributed by atoms with van der Waals surface area (Å²) in [4.78, 5) is 30.7. The summed E-state index contributed by atoms with van der Waals surface area (Å²) in [5, 5.41) is 9.91. The molecule has 3 aromatic rings. The number of carbonyl (C=O) groups excluding carboxylic acids is 2. The Labute approximate surface area is 168 Å². The zero-order valence-electron chi connectivity index (χ0n) is 15.9. The molecule has 0 bridgehead atoms. The Kier molecular flexibility index (Phi) is 5.51. The molecule has 29 heavy (non-hydrogen) atoms. The monoisotopic (exact) mass is 390 g/mol. The summed E-state index contributed by atoms with van der Waals surface area (Å²) < 4.78 is 1.64. The molecule has 0 unspecified atom stereocenters. The minimum absolute atomic E-state index is 0.131. The van der Waals surface area contributed by atoms with Crippen molar-refractivity contribution in [3.05, 3.63) is 72.7 Å². The maximum Gasteiger partial charge on any atom is 0.319 e. The highest BCUT2D eigenvalue weighted by Crippen LogP contribution is 2.19. The lowest BCUT2D eigenvalue weighted by molar-refractivity contribution is -0.128. The van der Waals surface area contributed by atoms with E-state index in [9.17, 15) is 9.59 Å². The Hall–Kier alpha value is -3.68. The predicted molar refractivity (Wildman–Crippen MR) is 109 cm³/mol. The van der Waals surface area contributed by atoms with Crippen LogP contribution >= 0.6 is 0 Å². The number of carbonyl (C=O) groups is 2. The van der Waals surface area contributed by atoms with E-state index in [2.05, 4.69) is 20.7 Å². The third kappa shape index (κ3) is 4.60. The van der Waals surface area contributed by atoms with E-state index in [1.165, 1.54) is 0 Å². The highest BCUT2D eigenvalue weighted by atomic mass is 16.2. The number of nitrogens with zero attached hydrogens (tertiary/aromatic N) is 4. The Morgan fingerprint density at radius 3 is 2.66 bits per heavy atom. The van der Waals surface area contributed by atoms with Crippen LogP contribution in [0.3, 0.4) is 0 Å². The molecule has 1 aromatic carbocycles. The molecule has 1 fully saturated rings. The van der Waals surface area contributed by atoms with Crippen molar-refractivity contribution in [3.63, 3.8) is 0 Å². The van der Waals surface area contributed by atoms with E-state index in [1.54, 1.807) is 40.3 Å². The molecule has 3 heterocycles. The van der Waals surface area contributed by atoms with Gasteiger partial charge in [-0.05, 0) is 30.2 Å². The van der Waals surface area contributed by atoms with Crippen LogP contribution in [0.4, 0.5) is 10.5 Å². The molecular weight excluding hydrogens is 368 g/mol. The Bertz CT molecular complexity index is 957. The third-order valence-corrected chi connectivity index (χ3v) is 4.83. The number of pyridine rings is 1. The summed E-state index contributed by atoms with van der Waals surface area (Å²) in [7, 11) is 0. The van der Waals surface area contributed by atoms with Crippen molar-refractivity contribution in [2.75, 3.05) is 18.4 Å². The van der Waals surface area contributed by atoms with Crippen LogP contribution in [-0.4, -0.2) is 44.7 Å². The van der Waals surface area contributed by atoms with Crippen LogP contribution in [0.1, 0.15) is 24.4 Å². The number of likely N-dealkylation sites (tertiary alicyclic amines) is 1. The van der Waals surface area contributed by atoms with Gasteiger partial charge >= 0.3 is 6.03 Å². The first kappa shape index (κ1) is 18.7. The van der Waals surface area contributed by atoms with Gasteiger partial charge in [0.15, 0.2) is 5.82 Å². The van der Waals surface area contributed by atoms with E-state index in [4.69, 9.17) is 0 Å². The summed E-state index contributed by atoms with van der Waals surface area (Å²) >= 11 is 0. The van der Waals surface area contributed by atoms with Crippen molar-refractivity contribution >= 4 is 17.6 Å². The number of hydrogen-bond donors (Lipinski definition) is 2. The van der Waals surface area contributed by atoms with Gasteiger partial charge in [0.2, 0.25) is 5.91 Å². The first-order valence-corrected chi connectivity index (χ1v) is 9.55. The minimum atomic E-state index is -0.348. The van der Waals surface area contributed by atoms with Crippen molar-refractivity contribution in [2.24, 2.45) is 0 Å². The van der Waals surface area contributed by atoms with Gasteiger partial charge in [-0.25, -0.2) is 14.5 Å². The number of urea groups is 1. The lowest BCUT2D eigenvalue weighted by atomic mass is 10.1. The number of rotatable bonds is 6. The van der Waals surface area contributed by atoms with Crippen LogP contribution in [0, 0.1) is 0 Å². The van der Waals surface area contributed by atoms with Crippen molar-refractivity contribution in [2.45, 2.75) is 18.9 Å². The number of aromatic nitrogens is 3. The van der Waals surface area contributed by atoms with Gasteiger partial charge < -0.3 is 15.5 Å². The van der Waals surface area contributed by atoms with Crippen molar-refractivity contribution < 1.29 is 9.59 Å². The standard InChI is InChI=1S/C21H22N6O2/c28-20-8-4-12-26(20)15-18(16-6-2-1-3-7-16)25-21(29)24-17-9-10-19(22-14-17)27-13-5-11-23-27/h1-3,5-7,9-11,13-14,18H,4,8,12,15H2,(H2,24,25,29)/t18-/m1/s1. The Morgan fingerprint density at radius 2 is 2.00 bits per heavy atom. The molecule has 0 saturated carbocycles. The average Bonchev–Trinajstić information content (AvgIpc) is 3.41. The second kappa shape index (κ2) is 8.55. The van der Waals surface area contributed by atoms with Gasteiger partial charge in [0.25, 0.3) is 0 Å². The fourth-order valence-corrected chi connectivity index (χ4v) is 3.36. The zero-order valence-corrected chi connectivity index (χ0v) is 15.9. The van der Waals surface area contributed by atoms with Gasteiger partial charge in [0.1, 0.15) is 0 Å². The number of amides is 3. The second-order valence-electron chi connectivity index (χ2n) is 6.86. The normalized spacial score (nSPS) is 14.6. The molecule has 3 amide bonds. The molecular formula is C21H22N6O2. The summed E-state index contributed by atoms with van der Waals surface area (Å²) in [5.41, 5.74) is 1.52. The maximum absolute atomic E-state index is 12.6. The fraction of sp³-hybridized carbons (Fsp3) is 0.238. The summed E-state index contributed by atoms with van der Waals surface area (Å²) in [5.74, 6) is 0.794. The molecule has 2 aromatic heterocycles. The molecule has 1 atom stereocenters. The van der Waals surface area contributed by atoms with Gasteiger partial charge in [-0.3, -0.25) is 4.79 Å². The van der Waals surface area contributed by atoms with E-state index in [0.717, 1.165) is 18.5 Å². The van der Waals surface area contributed by atoms with Crippen LogP contribution in [0.2, 0.25) is 0 Å². The lowest BCUT2D eigenvalue weighted by Crippen LogP contribution is -2.40. The van der Waals surface area contributed by atoms with Gasteiger partial charge in [-0.2, -0.15) is 5.10 Å². The quantitative estimate of drug-likeness (QED) is 0.677. The largest absolute Gasteiger partial charge is 0.340 e. The Balaban J connectivity index is 1.42. The van der Waals surface area contributed by atoms with Gasteiger partial charge in [0, 0.05) is 31.9 Å². The summed E-state index contributed by atoms with van der Waals surface area (Å²) in [6, 6.07) is 14.4. The molecule has 148 valence electrons. The molecule has 0 aliphatic carbocycles. The number of hydrogen-bond acceptors (Lipinski definition) is 4. The van der Waals surface area contributed by atoms with E-state index in [-0.39, 0.29) is 18.0 Å². The predicted octanol–water partition coefficient (Wildman–Crippen LogP) is 2.75. The summed E-state index contributed by atoms with van der Waals surface area (Å²) in [6.07, 6.45) is 6.49. The zero-order chi connectivity index (χ0) is 20.1. The van der Waals surface area contributed by atoms with Crippen LogP contribution < -0.4 is 10.6 Å². The van der Waals surface area contributed by atoms with E-state index < -0.39 is 0 Å². The fourth-order valence-electron chi connectivity index (χ4n) is 3.36. The molecule has 1 aliphatic heterocycles. The number of anilines is 1. The van der Waals surface area contributed by atoms with Crippen LogP contribution in [0.5, 0.6) is 0 Å². The first-order valence-electron chi connectivity index (χ1n) is 9.55. The first-order chi connectivity index (χ1) is 14.2. The maximum atomic E-state index is 12.6. The average molecular weight is 390 g/mol. The van der Waals surface area contributed by atoms with Crippen LogP contribution in [-0.2, 0) is 4.79 Å². The van der Waals surface area contributed by atoms with Gasteiger partial charge in [-0.1, -0.05) is 30.3 Å². The van der Waals surface area contributed by atoms with Crippen molar-refractivity contribution in [3.8, 4) is 5.82 Å². The molecule has 1 saturated heterocycles. The van der Waals surface area contributed by atoms with Gasteiger partial charge in [-0.15, -0.1) is 0 Å². The molecule has 8 nitrogen and oxygen atoms in total. The highest BCUT2D eigenvalue weighted by Gasteiger charge is 2.25. The molecule has 0 radical (unpaired) electrons. The van der Waals surface area contributed by atoms with E-state index in [0.29, 0.717) is 24.5 Å².